The van der Waals surface area contributed by atoms with Crippen molar-refractivity contribution in [1.82, 2.24) is 4.98 Å². The monoisotopic (exact) mass is 280 g/mol. The van der Waals surface area contributed by atoms with E-state index in [-0.39, 0.29) is 5.82 Å². The normalized spacial score (nSPS) is 10.1. The van der Waals surface area contributed by atoms with E-state index in [2.05, 4.69) is 26.2 Å². The van der Waals surface area contributed by atoms with Crippen LogP contribution in [0.5, 0.6) is 0 Å². The zero-order chi connectivity index (χ0) is 11.4. The van der Waals surface area contributed by atoms with Gasteiger partial charge in [0, 0.05) is 18.3 Å². The van der Waals surface area contributed by atoms with Crippen LogP contribution in [0.4, 0.5) is 10.1 Å². The van der Waals surface area contributed by atoms with Gasteiger partial charge in [-0.25, -0.2) is 9.37 Å². The van der Waals surface area contributed by atoms with E-state index in [9.17, 15) is 4.39 Å². The van der Waals surface area contributed by atoms with Gasteiger partial charge in [-0.3, -0.25) is 0 Å². The summed E-state index contributed by atoms with van der Waals surface area (Å²) in [5, 5.41) is 3.12. The fraction of sp³-hybridized carbons (Fsp3) is 0.0833. The summed E-state index contributed by atoms with van der Waals surface area (Å²) in [6, 6.07) is 10.4. The van der Waals surface area contributed by atoms with E-state index in [1.807, 2.05) is 18.2 Å². The smallest absolute Gasteiger partial charge is 0.129 e. The maximum absolute atomic E-state index is 13.3. The van der Waals surface area contributed by atoms with E-state index in [4.69, 9.17) is 0 Å². The Morgan fingerprint density at radius 2 is 2.00 bits per heavy atom. The Kier molecular flexibility index (Phi) is 3.51. The third kappa shape index (κ3) is 2.58. The number of nitrogens with one attached hydrogen (secondary N) is 1. The molecule has 0 spiro atoms. The molecule has 0 aliphatic carbocycles. The molecule has 1 heterocycles. The third-order valence-electron chi connectivity index (χ3n) is 2.19. The lowest BCUT2D eigenvalue weighted by atomic mass is 10.2. The van der Waals surface area contributed by atoms with Gasteiger partial charge in [-0.15, -0.1) is 0 Å². The first-order valence-corrected chi connectivity index (χ1v) is 5.64. The zero-order valence-corrected chi connectivity index (χ0v) is 10.0. The minimum absolute atomic E-state index is 0.199. The van der Waals surface area contributed by atoms with Gasteiger partial charge in [-0.05, 0) is 34.1 Å². The molecule has 0 saturated carbocycles. The van der Waals surface area contributed by atoms with Crippen molar-refractivity contribution in [3.05, 3.63) is 58.6 Å². The second kappa shape index (κ2) is 5.07. The average Bonchev–Trinajstić information content (AvgIpc) is 2.30. The molecule has 4 heteroatoms. The molecule has 2 aromatic rings. The van der Waals surface area contributed by atoms with Gasteiger partial charge in [-0.2, -0.15) is 0 Å². The van der Waals surface area contributed by atoms with Crippen LogP contribution in [0.1, 0.15) is 5.56 Å². The summed E-state index contributed by atoms with van der Waals surface area (Å²) in [6.07, 6.45) is 1.69. The molecule has 0 unspecified atom stereocenters. The summed E-state index contributed by atoms with van der Waals surface area (Å²) in [5.41, 5.74) is 1.49. The number of benzene rings is 1. The van der Waals surface area contributed by atoms with Crippen LogP contribution in [0.25, 0.3) is 0 Å². The molecule has 1 aromatic heterocycles. The highest BCUT2D eigenvalue weighted by Gasteiger charge is 2.02. The molecule has 2 nitrogen and oxygen atoms in total. The van der Waals surface area contributed by atoms with Crippen molar-refractivity contribution in [2.24, 2.45) is 0 Å². The fourth-order valence-corrected chi connectivity index (χ4v) is 1.74. The second-order valence-corrected chi connectivity index (χ2v) is 4.04. The highest BCUT2D eigenvalue weighted by Crippen LogP contribution is 2.19. The standard InChI is InChI=1S/C12H10BrFN2/c13-12-11(6-3-7-15-12)16-8-9-4-1-2-5-10(9)14/h1-7,16H,8H2. The molecular weight excluding hydrogens is 271 g/mol. The van der Waals surface area contributed by atoms with Crippen molar-refractivity contribution in [1.29, 1.82) is 0 Å². The highest BCUT2D eigenvalue weighted by atomic mass is 79.9. The van der Waals surface area contributed by atoms with Crippen LogP contribution in [0.15, 0.2) is 47.2 Å². The number of hydrogen-bond acceptors (Lipinski definition) is 2. The quantitative estimate of drug-likeness (QED) is 0.869. The number of hydrogen-bond donors (Lipinski definition) is 1. The third-order valence-corrected chi connectivity index (χ3v) is 2.82. The molecule has 0 atom stereocenters. The van der Waals surface area contributed by atoms with Crippen molar-refractivity contribution in [2.45, 2.75) is 6.54 Å². The van der Waals surface area contributed by atoms with Crippen molar-refractivity contribution >= 4 is 21.6 Å². The van der Waals surface area contributed by atoms with Gasteiger partial charge in [0.15, 0.2) is 0 Å². The number of anilines is 1. The molecule has 1 N–H and O–H groups in total. The van der Waals surface area contributed by atoms with E-state index in [1.165, 1.54) is 6.07 Å². The summed E-state index contributed by atoms with van der Waals surface area (Å²) in [7, 11) is 0. The molecule has 0 bridgehead atoms. The number of aromatic nitrogens is 1. The number of rotatable bonds is 3. The lowest BCUT2D eigenvalue weighted by Gasteiger charge is -2.08. The van der Waals surface area contributed by atoms with Gasteiger partial charge in [-0.1, -0.05) is 18.2 Å². The lowest BCUT2D eigenvalue weighted by molar-refractivity contribution is 0.613. The minimum atomic E-state index is -0.199. The summed E-state index contributed by atoms with van der Waals surface area (Å²) in [4.78, 5) is 4.07. The summed E-state index contributed by atoms with van der Waals surface area (Å²) in [6.45, 7) is 0.441. The van der Waals surface area contributed by atoms with E-state index < -0.39 is 0 Å². The summed E-state index contributed by atoms with van der Waals surface area (Å²) < 4.78 is 14.1. The Morgan fingerprint density at radius 3 is 2.75 bits per heavy atom. The van der Waals surface area contributed by atoms with Crippen LogP contribution < -0.4 is 5.32 Å². The first kappa shape index (κ1) is 11.1. The van der Waals surface area contributed by atoms with E-state index in [0.29, 0.717) is 12.1 Å². The summed E-state index contributed by atoms with van der Waals surface area (Å²) in [5.74, 6) is -0.199. The Morgan fingerprint density at radius 1 is 1.19 bits per heavy atom. The molecule has 0 aliphatic heterocycles. The molecule has 1 aromatic carbocycles. The van der Waals surface area contributed by atoms with Gasteiger partial charge < -0.3 is 5.32 Å². The second-order valence-electron chi connectivity index (χ2n) is 3.29. The molecule has 16 heavy (non-hydrogen) atoms. The Bertz CT molecular complexity index is 442. The summed E-state index contributed by atoms with van der Waals surface area (Å²) >= 11 is 3.32. The van der Waals surface area contributed by atoms with Gasteiger partial charge in [0.2, 0.25) is 0 Å². The molecule has 82 valence electrons. The molecule has 0 aliphatic rings. The Labute approximate surface area is 102 Å². The Balaban J connectivity index is 2.09. The molecule has 0 amide bonds. The highest BCUT2D eigenvalue weighted by molar-refractivity contribution is 9.10. The van der Waals surface area contributed by atoms with Crippen LogP contribution in [-0.4, -0.2) is 4.98 Å². The largest absolute Gasteiger partial charge is 0.379 e. The first-order valence-electron chi connectivity index (χ1n) is 4.85. The number of pyridine rings is 1. The first-order chi connectivity index (χ1) is 7.77. The van der Waals surface area contributed by atoms with Crippen LogP contribution in [0.3, 0.4) is 0 Å². The molecule has 0 saturated heterocycles. The van der Waals surface area contributed by atoms with Crippen LogP contribution >= 0.6 is 15.9 Å². The minimum Gasteiger partial charge on any atom is -0.379 e. The average molecular weight is 281 g/mol. The van der Waals surface area contributed by atoms with E-state index in [1.54, 1.807) is 18.3 Å². The van der Waals surface area contributed by atoms with Crippen molar-refractivity contribution in [3.8, 4) is 0 Å². The van der Waals surface area contributed by atoms with Gasteiger partial charge in [0.05, 0.1) is 5.69 Å². The molecule has 0 radical (unpaired) electrons. The van der Waals surface area contributed by atoms with Crippen LogP contribution in [0, 0.1) is 5.82 Å². The van der Waals surface area contributed by atoms with E-state index >= 15 is 0 Å². The zero-order valence-electron chi connectivity index (χ0n) is 8.45. The van der Waals surface area contributed by atoms with Crippen molar-refractivity contribution < 1.29 is 4.39 Å². The molecule has 2 rings (SSSR count). The molecular formula is C12H10BrFN2. The SMILES string of the molecule is Fc1ccccc1CNc1cccnc1Br. The Hall–Kier alpha value is -1.42. The number of nitrogens with zero attached hydrogens (tertiary/aromatic N) is 1. The topological polar surface area (TPSA) is 24.9 Å². The van der Waals surface area contributed by atoms with Crippen LogP contribution in [-0.2, 0) is 6.54 Å². The maximum Gasteiger partial charge on any atom is 0.129 e. The molecule has 0 fully saturated rings. The predicted octanol–water partition coefficient (Wildman–Crippen LogP) is 3.60. The van der Waals surface area contributed by atoms with Crippen molar-refractivity contribution in [2.75, 3.05) is 5.32 Å². The maximum atomic E-state index is 13.3. The van der Waals surface area contributed by atoms with E-state index in [0.717, 1.165) is 10.3 Å². The lowest BCUT2D eigenvalue weighted by Crippen LogP contribution is -2.02. The van der Waals surface area contributed by atoms with Gasteiger partial charge in [0.1, 0.15) is 10.4 Å². The predicted molar refractivity (Wildman–Crippen MR) is 65.7 cm³/mol. The number of halogens is 2. The van der Waals surface area contributed by atoms with Gasteiger partial charge >= 0.3 is 0 Å². The van der Waals surface area contributed by atoms with Crippen molar-refractivity contribution in [3.63, 3.8) is 0 Å². The fourth-order valence-electron chi connectivity index (χ4n) is 1.35. The van der Waals surface area contributed by atoms with Gasteiger partial charge in [0.25, 0.3) is 0 Å². The van der Waals surface area contributed by atoms with Crippen LogP contribution in [0.2, 0.25) is 0 Å².